The number of nitro benzene ring substituents is 1. The lowest BCUT2D eigenvalue weighted by atomic mass is 10.2. The first-order valence-corrected chi connectivity index (χ1v) is 7.30. The van der Waals surface area contributed by atoms with Gasteiger partial charge in [-0.15, -0.1) is 10.2 Å². The third kappa shape index (κ3) is 3.18. The molecule has 0 atom stereocenters. The van der Waals surface area contributed by atoms with Gasteiger partial charge in [0.25, 0.3) is 5.69 Å². The van der Waals surface area contributed by atoms with Crippen LogP contribution < -0.4 is 5.73 Å². The highest BCUT2D eigenvalue weighted by atomic mass is 79.9. The zero-order valence-corrected chi connectivity index (χ0v) is 12.1. The lowest BCUT2D eigenvalue weighted by molar-refractivity contribution is -0.385. The summed E-state index contributed by atoms with van der Waals surface area (Å²) in [5.74, 6) is 0.457. The van der Waals surface area contributed by atoms with Gasteiger partial charge in [0.15, 0.2) is 4.34 Å². The monoisotopic (exact) mass is 346 g/mol. The Balaban J connectivity index is 2.16. The first-order valence-electron chi connectivity index (χ1n) is 4.71. The highest BCUT2D eigenvalue weighted by Crippen LogP contribution is 2.31. The number of thioether (sulfide) groups is 1. The van der Waals surface area contributed by atoms with Crippen LogP contribution in [0.1, 0.15) is 5.56 Å². The van der Waals surface area contributed by atoms with Crippen LogP contribution >= 0.6 is 39.0 Å². The molecule has 0 aliphatic rings. The molecule has 18 heavy (non-hydrogen) atoms. The Morgan fingerprint density at radius 1 is 1.50 bits per heavy atom. The molecule has 2 N–H and O–H groups in total. The molecule has 0 spiro atoms. The van der Waals surface area contributed by atoms with Crippen LogP contribution in [0.25, 0.3) is 0 Å². The number of anilines is 1. The van der Waals surface area contributed by atoms with Gasteiger partial charge in [0, 0.05) is 21.9 Å². The third-order valence-electron chi connectivity index (χ3n) is 2.02. The van der Waals surface area contributed by atoms with E-state index in [1.54, 1.807) is 12.1 Å². The van der Waals surface area contributed by atoms with Crippen LogP contribution in [0.5, 0.6) is 0 Å². The van der Waals surface area contributed by atoms with Crippen molar-refractivity contribution < 1.29 is 4.92 Å². The van der Waals surface area contributed by atoms with E-state index < -0.39 is 4.92 Å². The summed E-state index contributed by atoms with van der Waals surface area (Å²) in [4.78, 5) is 10.5. The number of aromatic nitrogens is 2. The minimum Gasteiger partial charge on any atom is -0.374 e. The number of nitrogen functional groups attached to an aromatic ring is 1. The lowest BCUT2D eigenvalue weighted by Crippen LogP contribution is -1.94. The first-order chi connectivity index (χ1) is 8.56. The molecule has 0 saturated heterocycles. The summed E-state index contributed by atoms with van der Waals surface area (Å²) in [6.45, 7) is 0. The summed E-state index contributed by atoms with van der Waals surface area (Å²) < 4.78 is 1.38. The van der Waals surface area contributed by atoms with Gasteiger partial charge in [-0.25, -0.2) is 0 Å². The fraction of sp³-hybridized carbons (Fsp3) is 0.111. The summed E-state index contributed by atoms with van der Waals surface area (Å²) >= 11 is 5.86. The molecule has 0 radical (unpaired) electrons. The molecule has 94 valence electrons. The molecule has 0 fully saturated rings. The number of nitrogens with zero attached hydrogens (tertiary/aromatic N) is 3. The van der Waals surface area contributed by atoms with Crippen molar-refractivity contribution in [3.63, 3.8) is 0 Å². The van der Waals surface area contributed by atoms with Gasteiger partial charge in [-0.3, -0.25) is 10.1 Å². The van der Waals surface area contributed by atoms with Crippen LogP contribution in [0.2, 0.25) is 0 Å². The standard InChI is InChI=1S/C9H7BrN4O2S2/c10-6-2-1-5(7(3-6)14(15)16)4-17-9-13-12-8(11)18-9/h1-3H,4H2,(H2,11,12). The molecule has 2 aromatic rings. The van der Waals surface area contributed by atoms with Crippen molar-refractivity contribution in [3.05, 3.63) is 38.3 Å². The summed E-state index contributed by atoms with van der Waals surface area (Å²) in [5.41, 5.74) is 6.20. The Labute approximate surface area is 119 Å². The van der Waals surface area contributed by atoms with Gasteiger partial charge < -0.3 is 5.73 Å². The Morgan fingerprint density at radius 3 is 2.89 bits per heavy atom. The molecule has 0 saturated carbocycles. The van der Waals surface area contributed by atoms with Gasteiger partial charge in [0.1, 0.15) is 0 Å². The topological polar surface area (TPSA) is 94.9 Å². The van der Waals surface area contributed by atoms with Crippen molar-refractivity contribution in [2.75, 3.05) is 5.73 Å². The Morgan fingerprint density at radius 2 is 2.28 bits per heavy atom. The number of benzene rings is 1. The average Bonchev–Trinajstić information content (AvgIpc) is 2.73. The second-order valence-corrected chi connectivity index (χ2v) is 6.37. The first kappa shape index (κ1) is 13.2. The van der Waals surface area contributed by atoms with E-state index in [2.05, 4.69) is 26.1 Å². The zero-order chi connectivity index (χ0) is 13.1. The van der Waals surface area contributed by atoms with Gasteiger partial charge in [-0.05, 0) is 6.07 Å². The van der Waals surface area contributed by atoms with Crippen molar-refractivity contribution in [1.82, 2.24) is 10.2 Å². The maximum absolute atomic E-state index is 10.9. The van der Waals surface area contributed by atoms with Crippen LogP contribution in [-0.2, 0) is 5.75 Å². The van der Waals surface area contributed by atoms with Crippen molar-refractivity contribution in [2.24, 2.45) is 0 Å². The van der Waals surface area contributed by atoms with E-state index in [4.69, 9.17) is 5.73 Å². The zero-order valence-electron chi connectivity index (χ0n) is 8.87. The maximum Gasteiger partial charge on any atom is 0.274 e. The van der Waals surface area contributed by atoms with E-state index in [9.17, 15) is 10.1 Å². The minimum absolute atomic E-state index is 0.0920. The summed E-state index contributed by atoms with van der Waals surface area (Å²) in [5, 5.41) is 18.8. The predicted molar refractivity (Wildman–Crippen MR) is 74.7 cm³/mol. The van der Waals surface area contributed by atoms with Crippen LogP contribution in [0.15, 0.2) is 27.0 Å². The van der Waals surface area contributed by atoms with E-state index in [0.717, 1.165) is 0 Å². The molecule has 1 heterocycles. The van der Waals surface area contributed by atoms with Gasteiger partial charge in [-0.1, -0.05) is 45.1 Å². The Hall–Kier alpha value is -1.19. The largest absolute Gasteiger partial charge is 0.374 e. The average molecular weight is 347 g/mol. The van der Waals surface area contributed by atoms with Gasteiger partial charge in [0.05, 0.1) is 4.92 Å². The number of hydrogen-bond donors (Lipinski definition) is 1. The molecule has 1 aromatic carbocycles. The second-order valence-electron chi connectivity index (χ2n) is 3.23. The molecular formula is C9H7BrN4O2S2. The van der Waals surface area contributed by atoms with E-state index in [-0.39, 0.29) is 5.69 Å². The quantitative estimate of drug-likeness (QED) is 0.519. The normalized spacial score (nSPS) is 10.5. The summed E-state index contributed by atoms with van der Waals surface area (Å²) in [7, 11) is 0. The molecule has 0 aliphatic heterocycles. The van der Waals surface area contributed by atoms with E-state index in [1.165, 1.54) is 29.2 Å². The predicted octanol–water partition coefficient (Wildman–Crippen LogP) is 3.08. The number of rotatable bonds is 4. The van der Waals surface area contributed by atoms with Crippen LogP contribution in [0.4, 0.5) is 10.8 Å². The summed E-state index contributed by atoms with van der Waals surface area (Å²) in [6.07, 6.45) is 0. The van der Waals surface area contributed by atoms with E-state index in [1.807, 2.05) is 0 Å². The van der Waals surface area contributed by atoms with Gasteiger partial charge in [0.2, 0.25) is 5.13 Å². The van der Waals surface area contributed by atoms with Crippen molar-refractivity contribution >= 4 is 49.8 Å². The molecule has 0 unspecified atom stereocenters. The van der Waals surface area contributed by atoms with Crippen molar-refractivity contribution in [2.45, 2.75) is 10.1 Å². The smallest absolute Gasteiger partial charge is 0.274 e. The minimum atomic E-state index is -0.394. The van der Waals surface area contributed by atoms with Gasteiger partial charge in [-0.2, -0.15) is 0 Å². The van der Waals surface area contributed by atoms with E-state index >= 15 is 0 Å². The number of nitro groups is 1. The SMILES string of the molecule is Nc1nnc(SCc2ccc(Br)cc2[N+](=O)[O-])s1. The molecular weight excluding hydrogens is 340 g/mol. The van der Waals surface area contributed by atoms with Crippen molar-refractivity contribution in [1.29, 1.82) is 0 Å². The second kappa shape index (κ2) is 5.63. The molecule has 6 nitrogen and oxygen atoms in total. The number of halogens is 1. The highest BCUT2D eigenvalue weighted by molar-refractivity contribution is 9.10. The van der Waals surface area contributed by atoms with Crippen molar-refractivity contribution in [3.8, 4) is 0 Å². The van der Waals surface area contributed by atoms with Crippen LogP contribution in [0.3, 0.4) is 0 Å². The Bertz CT molecular complexity index is 590. The molecule has 1 aromatic heterocycles. The van der Waals surface area contributed by atoms with Gasteiger partial charge >= 0.3 is 0 Å². The van der Waals surface area contributed by atoms with E-state index in [0.29, 0.717) is 25.3 Å². The molecule has 0 amide bonds. The molecule has 0 aliphatic carbocycles. The fourth-order valence-corrected chi connectivity index (χ4v) is 3.23. The lowest BCUT2D eigenvalue weighted by Gasteiger charge is -2.01. The molecule has 0 bridgehead atoms. The highest BCUT2D eigenvalue weighted by Gasteiger charge is 2.15. The number of hydrogen-bond acceptors (Lipinski definition) is 7. The molecule has 2 rings (SSSR count). The van der Waals surface area contributed by atoms with Crippen LogP contribution in [-0.4, -0.2) is 15.1 Å². The summed E-state index contributed by atoms with van der Waals surface area (Å²) in [6, 6.07) is 4.99. The number of nitrogens with two attached hydrogens (primary N) is 1. The third-order valence-corrected chi connectivity index (χ3v) is 4.45. The van der Waals surface area contributed by atoms with Crippen LogP contribution in [0, 0.1) is 10.1 Å². The molecule has 9 heteroatoms. The fourth-order valence-electron chi connectivity index (χ4n) is 1.25. The Kier molecular flexibility index (Phi) is 4.15. The maximum atomic E-state index is 10.9.